The van der Waals surface area contributed by atoms with E-state index < -0.39 is 0 Å². The Hall–Kier alpha value is -3.78. The minimum atomic E-state index is -0.278. The molecule has 36 heavy (non-hydrogen) atoms. The molecule has 5 heterocycles. The number of ether oxygens (including phenoxy) is 2. The van der Waals surface area contributed by atoms with Crippen LogP contribution >= 0.6 is 0 Å². The van der Waals surface area contributed by atoms with E-state index >= 15 is 4.39 Å². The van der Waals surface area contributed by atoms with Crippen molar-refractivity contribution in [3.63, 3.8) is 0 Å². The molecule has 0 spiro atoms. The number of methoxy groups -OCH3 is 1. The van der Waals surface area contributed by atoms with Gasteiger partial charge in [-0.2, -0.15) is 4.98 Å². The first kappa shape index (κ1) is 22.7. The number of hydrogen-bond acceptors (Lipinski definition) is 5. The molecule has 1 unspecified atom stereocenters. The molecular formula is C28H28FN5O2. The summed E-state index contributed by atoms with van der Waals surface area (Å²) in [6.07, 6.45) is 5.35. The maximum atomic E-state index is 15.4. The molecule has 184 valence electrons. The average molecular weight is 486 g/mol. The van der Waals surface area contributed by atoms with E-state index in [9.17, 15) is 0 Å². The van der Waals surface area contributed by atoms with Crippen molar-refractivity contribution in [2.24, 2.45) is 13.0 Å². The molecule has 0 bridgehead atoms. The van der Waals surface area contributed by atoms with Crippen molar-refractivity contribution in [3.8, 4) is 17.1 Å². The first-order chi connectivity index (χ1) is 17.6. The monoisotopic (exact) mass is 485 g/mol. The van der Waals surface area contributed by atoms with Crippen LogP contribution in [-0.4, -0.2) is 44.4 Å². The van der Waals surface area contributed by atoms with Gasteiger partial charge in [-0.1, -0.05) is 18.2 Å². The van der Waals surface area contributed by atoms with Crippen molar-refractivity contribution in [2.45, 2.75) is 25.8 Å². The molecule has 7 nitrogen and oxygen atoms in total. The first-order valence-electron chi connectivity index (χ1n) is 12.2. The van der Waals surface area contributed by atoms with Crippen LogP contribution in [0, 0.1) is 18.7 Å². The third kappa shape index (κ3) is 3.64. The van der Waals surface area contributed by atoms with Crippen molar-refractivity contribution < 1.29 is 13.9 Å². The van der Waals surface area contributed by atoms with Crippen molar-refractivity contribution in [1.82, 2.24) is 24.1 Å². The van der Waals surface area contributed by atoms with E-state index in [2.05, 4.69) is 15.6 Å². The quantitative estimate of drug-likeness (QED) is 0.331. The van der Waals surface area contributed by atoms with E-state index in [1.54, 1.807) is 19.5 Å². The topological polar surface area (TPSA) is 67.0 Å². The van der Waals surface area contributed by atoms with E-state index in [-0.39, 0.29) is 17.8 Å². The number of aromatic nitrogens is 5. The summed E-state index contributed by atoms with van der Waals surface area (Å²) in [4.78, 5) is 14.2. The van der Waals surface area contributed by atoms with Gasteiger partial charge in [0.05, 0.1) is 41.9 Å². The number of imidazole rings is 1. The van der Waals surface area contributed by atoms with Gasteiger partial charge in [0, 0.05) is 49.0 Å². The Balaban J connectivity index is 1.69. The maximum absolute atomic E-state index is 15.4. The summed E-state index contributed by atoms with van der Waals surface area (Å²) < 4.78 is 30.8. The van der Waals surface area contributed by atoms with Crippen LogP contribution < -0.4 is 4.74 Å². The third-order valence-electron chi connectivity index (χ3n) is 7.28. The summed E-state index contributed by atoms with van der Waals surface area (Å²) in [6, 6.07) is 12.7. The highest BCUT2D eigenvalue weighted by Crippen LogP contribution is 2.41. The summed E-state index contributed by atoms with van der Waals surface area (Å²) in [5.41, 5.74) is 6.00. The van der Waals surface area contributed by atoms with Crippen LogP contribution in [0.3, 0.4) is 0 Å². The number of benzene rings is 1. The fraction of sp³-hybridized carbons (Fsp3) is 0.321. The minimum Gasteiger partial charge on any atom is -0.481 e. The molecule has 1 aliphatic rings. The van der Waals surface area contributed by atoms with Crippen molar-refractivity contribution in [3.05, 3.63) is 72.1 Å². The molecular weight excluding hydrogens is 457 g/mol. The average Bonchev–Trinajstić information content (AvgIpc) is 3.41. The zero-order valence-corrected chi connectivity index (χ0v) is 20.6. The van der Waals surface area contributed by atoms with Crippen LogP contribution in [0.15, 0.2) is 55.0 Å². The summed E-state index contributed by atoms with van der Waals surface area (Å²) in [5.74, 6) is 0.455. The molecule has 8 heteroatoms. The van der Waals surface area contributed by atoms with Gasteiger partial charge in [-0.25, -0.2) is 9.37 Å². The highest BCUT2D eigenvalue weighted by atomic mass is 19.1. The van der Waals surface area contributed by atoms with Crippen LogP contribution in [0.4, 0.5) is 4.39 Å². The number of pyridine rings is 2. The van der Waals surface area contributed by atoms with E-state index in [1.807, 2.05) is 49.0 Å². The minimum absolute atomic E-state index is 0.171. The van der Waals surface area contributed by atoms with Crippen LogP contribution in [0.1, 0.15) is 30.1 Å². The van der Waals surface area contributed by atoms with Crippen molar-refractivity contribution in [2.75, 3.05) is 20.3 Å². The van der Waals surface area contributed by atoms with Gasteiger partial charge in [-0.3, -0.25) is 4.98 Å². The smallest absolute Gasteiger partial charge is 0.214 e. The molecule has 0 saturated carbocycles. The highest BCUT2D eigenvalue weighted by molar-refractivity contribution is 6.05. The van der Waals surface area contributed by atoms with Gasteiger partial charge < -0.3 is 18.6 Å². The SMILES string of the molecule is COc1ccc2c3ncc(-c4c(C)ncn4C)cc3n(C(c3ccccc3F)C3CCOCC3)c2n1. The van der Waals surface area contributed by atoms with Gasteiger partial charge in [-0.15, -0.1) is 0 Å². The second-order valence-corrected chi connectivity index (χ2v) is 9.39. The summed E-state index contributed by atoms with van der Waals surface area (Å²) in [5, 5.41) is 0.910. The molecule has 0 N–H and O–H groups in total. The van der Waals surface area contributed by atoms with E-state index in [1.165, 1.54) is 6.07 Å². The van der Waals surface area contributed by atoms with E-state index in [4.69, 9.17) is 19.4 Å². The number of fused-ring (bicyclic) bond motifs is 3. The molecule has 1 saturated heterocycles. The second kappa shape index (κ2) is 9.02. The maximum Gasteiger partial charge on any atom is 0.214 e. The Morgan fingerprint density at radius 1 is 1.11 bits per heavy atom. The van der Waals surface area contributed by atoms with Crippen molar-refractivity contribution in [1.29, 1.82) is 0 Å². The number of rotatable bonds is 5. The highest BCUT2D eigenvalue weighted by Gasteiger charge is 2.32. The third-order valence-corrected chi connectivity index (χ3v) is 7.28. The number of nitrogens with zero attached hydrogens (tertiary/aromatic N) is 5. The largest absolute Gasteiger partial charge is 0.481 e. The molecule has 1 aromatic carbocycles. The second-order valence-electron chi connectivity index (χ2n) is 9.39. The number of aryl methyl sites for hydroxylation is 2. The Labute approximate surface area is 208 Å². The van der Waals surface area contributed by atoms with E-state index in [0.717, 1.165) is 51.9 Å². The molecule has 1 fully saturated rings. The number of hydrogen-bond donors (Lipinski definition) is 0. The lowest BCUT2D eigenvalue weighted by atomic mass is 9.86. The summed E-state index contributed by atoms with van der Waals surface area (Å²) in [6.45, 7) is 3.30. The van der Waals surface area contributed by atoms with Crippen LogP contribution in [-0.2, 0) is 11.8 Å². The normalized spacial score (nSPS) is 15.6. The van der Waals surface area contributed by atoms with Gasteiger partial charge in [0.25, 0.3) is 0 Å². The van der Waals surface area contributed by atoms with Gasteiger partial charge in [0.2, 0.25) is 5.88 Å². The first-order valence-corrected chi connectivity index (χ1v) is 12.2. The van der Waals surface area contributed by atoms with Crippen LogP contribution in [0.5, 0.6) is 5.88 Å². The van der Waals surface area contributed by atoms with Gasteiger partial charge >= 0.3 is 0 Å². The molecule has 4 aromatic heterocycles. The molecule has 0 amide bonds. The molecule has 0 radical (unpaired) electrons. The lowest BCUT2D eigenvalue weighted by Crippen LogP contribution is -2.27. The molecule has 5 aromatic rings. The lowest BCUT2D eigenvalue weighted by Gasteiger charge is -2.33. The summed E-state index contributed by atoms with van der Waals surface area (Å²) >= 11 is 0. The van der Waals surface area contributed by atoms with Crippen LogP contribution in [0.25, 0.3) is 33.3 Å². The van der Waals surface area contributed by atoms with Crippen LogP contribution in [0.2, 0.25) is 0 Å². The predicted molar refractivity (Wildman–Crippen MR) is 137 cm³/mol. The van der Waals surface area contributed by atoms with E-state index in [0.29, 0.717) is 24.7 Å². The standard InChI is InChI=1S/C28H28FN5O2/c1-17-26(33(2)16-31-17)19-14-23-25(30-15-19)21-8-9-24(35-3)32-28(21)34(23)27(18-10-12-36-13-11-18)20-6-4-5-7-22(20)29/h4-9,14-16,18,27H,10-13H2,1-3H3. The Morgan fingerprint density at radius 3 is 2.64 bits per heavy atom. The summed E-state index contributed by atoms with van der Waals surface area (Å²) in [7, 11) is 3.58. The predicted octanol–water partition coefficient (Wildman–Crippen LogP) is 5.46. The number of halogens is 1. The zero-order valence-electron chi connectivity index (χ0n) is 20.6. The van der Waals surface area contributed by atoms with Gasteiger partial charge in [0.15, 0.2) is 0 Å². The Morgan fingerprint density at radius 2 is 1.92 bits per heavy atom. The lowest BCUT2D eigenvalue weighted by molar-refractivity contribution is 0.0547. The molecule has 1 atom stereocenters. The Bertz CT molecular complexity index is 1550. The fourth-order valence-electron chi connectivity index (χ4n) is 5.59. The fourth-order valence-corrected chi connectivity index (χ4v) is 5.59. The molecule has 6 rings (SSSR count). The molecule has 0 aliphatic carbocycles. The van der Waals surface area contributed by atoms with Crippen molar-refractivity contribution >= 4 is 22.1 Å². The van der Waals surface area contributed by atoms with Gasteiger partial charge in [0.1, 0.15) is 11.5 Å². The molecule has 1 aliphatic heterocycles. The zero-order chi connectivity index (χ0) is 24.8. The Kier molecular flexibility index (Phi) is 5.68. The van der Waals surface area contributed by atoms with Gasteiger partial charge in [-0.05, 0) is 43.9 Å².